The van der Waals surface area contributed by atoms with E-state index in [2.05, 4.69) is 4.98 Å². The first-order valence-electron chi connectivity index (χ1n) is 11.8. The second-order valence-corrected chi connectivity index (χ2v) is 9.89. The van der Waals surface area contributed by atoms with Gasteiger partial charge in [-0.25, -0.2) is 4.98 Å². The molecule has 1 amide bonds. The number of carbonyl (C=O) groups excluding carboxylic acids is 1. The van der Waals surface area contributed by atoms with Crippen molar-refractivity contribution in [1.82, 2.24) is 9.88 Å². The van der Waals surface area contributed by atoms with Crippen molar-refractivity contribution in [1.29, 1.82) is 0 Å². The van der Waals surface area contributed by atoms with Crippen LogP contribution in [-0.2, 0) is 26.3 Å². The van der Waals surface area contributed by atoms with Gasteiger partial charge in [-0.15, -0.1) is 11.3 Å². The Hall–Kier alpha value is -3.79. The van der Waals surface area contributed by atoms with Crippen molar-refractivity contribution in [3.8, 4) is 23.0 Å². The first kappa shape index (κ1) is 25.8. The largest absolute Gasteiger partial charge is 0.497 e. The van der Waals surface area contributed by atoms with Crippen LogP contribution in [0.25, 0.3) is 0 Å². The van der Waals surface area contributed by atoms with E-state index in [-0.39, 0.29) is 32.5 Å². The van der Waals surface area contributed by atoms with Gasteiger partial charge in [0.2, 0.25) is 6.79 Å². The Morgan fingerprint density at radius 2 is 1.89 bits per heavy atom. The zero-order chi connectivity index (χ0) is 26.5. The number of fused-ring (bicyclic) bond motifs is 1. The average Bonchev–Trinajstić information content (AvgIpc) is 3.61. The van der Waals surface area contributed by atoms with Crippen LogP contribution in [0.5, 0.6) is 23.0 Å². The predicted molar refractivity (Wildman–Crippen MR) is 143 cm³/mol. The van der Waals surface area contributed by atoms with Gasteiger partial charge in [-0.1, -0.05) is 17.7 Å². The molecule has 4 aromatic rings. The highest BCUT2D eigenvalue weighted by molar-refractivity contribution is 7.09. The number of hydrogen-bond donors (Lipinski definition) is 1. The summed E-state index contributed by atoms with van der Waals surface area (Å²) < 4.78 is 22.3. The molecular weight excluding hydrogens is 528 g/mol. The van der Waals surface area contributed by atoms with Crippen molar-refractivity contribution < 1.29 is 28.8 Å². The number of aromatic nitrogens is 1. The monoisotopic (exact) mass is 552 g/mol. The molecule has 2 heterocycles. The van der Waals surface area contributed by atoms with E-state index >= 15 is 0 Å². The van der Waals surface area contributed by atoms with E-state index in [1.54, 1.807) is 59.9 Å². The number of ether oxygens (including phenoxy) is 4. The summed E-state index contributed by atoms with van der Waals surface area (Å²) in [5, 5.41) is 12.4. The highest BCUT2D eigenvalue weighted by Crippen LogP contribution is 2.33. The predicted octanol–water partition coefficient (Wildman–Crippen LogP) is 5.45. The number of thiazole rings is 1. The SMILES string of the molecule is COc1ccc(C(=O)N(Cc2ccc3c(c2)OCO3)Cc2cc(Cl)ccc2OCc2nc(CO)cs2)cc1. The zero-order valence-corrected chi connectivity index (χ0v) is 22.1. The van der Waals surface area contributed by atoms with Crippen molar-refractivity contribution in [3.05, 3.63) is 98.5 Å². The van der Waals surface area contributed by atoms with E-state index in [0.29, 0.717) is 45.8 Å². The fraction of sp³-hybridized carbons (Fsp3) is 0.214. The molecule has 196 valence electrons. The quantitative estimate of drug-likeness (QED) is 0.280. The summed E-state index contributed by atoms with van der Waals surface area (Å²) in [6.07, 6.45) is 0. The van der Waals surface area contributed by atoms with Gasteiger partial charge in [0.05, 0.1) is 26.0 Å². The molecule has 0 atom stereocenters. The van der Waals surface area contributed by atoms with Crippen LogP contribution in [0.3, 0.4) is 0 Å². The summed E-state index contributed by atoms with van der Waals surface area (Å²) in [4.78, 5) is 19.8. The van der Waals surface area contributed by atoms with Gasteiger partial charge < -0.3 is 29.0 Å². The third-order valence-electron chi connectivity index (χ3n) is 5.93. The van der Waals surface area contributed by atoms with Gasteiger partial charge in [0, 0.05) is 28.1 Å². The highest BCUT2D eigenvalue weighted by atomic mass is 35.5. The summed E-state index contributed by atoms with van der Waals surface area (Å²) in [5.74, 6) is 2.42. The van der Waals surface area contributed by atoms with Crippen LogP contribution in [0.2, 0.25) is 5.02 Å². The molecule has 0 spiro atoms. The van der Waals surface area contributed by atoms with E-state index < -0.39 is 0 Å². The van der Waals surface area contributed by atoms with Crippen molar-refractivity contribution in [2.24, 2.45) is 0 Å². The minimum Gasteiger partial charge on any atom is -0.497 e. The van der Waals surface area contributed by atoms with Gasteiger partial charge in [-0.2, -0.15) is 0 Å². The van der Waals surface area contributed by atoms with E-state index in [1.807, 2.05) is 18.2 Å². The molecule has 0 aliphatic carbocycles. The van der Waals surface area contributed by atoms with Crippen LogP contribution in [0.15, 0.2) is 66.0 Å². The molecule has 1 aromatic heterocycles. The Labute approximate surface area is 228 Å². The van der Waals surface area contributed by atoms with Gasteiger partial charge in [0.25, 0.3) is 5.91 Å². The third-order valence-corrected chi connectivity index (χ3v) is 7.04. The number of nitrogens with zero attached hydrogens (tertiary/aromatic N) is 2. The van der Waals surface area contributed by atoms with E-state index in [1.165, 1.54) is 11.3 Å². The number of carbonyl (C=O) groups is 1. The lowest BCUT2D eigenvalue weighted by Crippen LogP contribution is -2.30. The first-order chi connectivity index (χ1) is 18.5. The Bertz CT molecular complexity index is 1430. The van der Waals surface area contributed by atoms with Crippen LogP contribution in [-0.4, -0.2) is 34.8 Å². The second kappa shape index (κ2) is 11.7. The summed E-state index contributed by atoms with van der Waals surface area (Å²) in [6, 6.07) is 18.0. The van der Waals surface area contributed by atoms with Gasteiger partial charge >= 0.3 is 0 Å². The molecule has 0 fully saturated rings. The molecular formula is C28H25ClN2O6S. The van der Waals surface area contributed by atoms with Crippen LogP contribution in [0, 0.1) is 0 Å². The van der Waals surface area contributed by atoms with Crippen molar-refractivity contribution in [2.75, 3.05) is 13.9 Å². The molecule has 10 heteroatoms. The van der Waals surface area contributed by atoms with Gasteiger partial charge in [-0.3, -0.25) is 4.79 Å². The Morgan fingerprint density at radius 1 is 1.08 bits per heavy atom. The molecule has 1 N–H and O–H groups in total. The summed E-state index contributed by atoms with van der Waals surface area (Å²) in [7, 11) is 1.58. The number of halogens is 1. The summed E-state index contributed by atoms with van der Waals surface area (Å²) in [5.41, 5.74) is 2.76. The van der Waals surface area contributed by atoms with Gasteiger partial charge in [-0.05, 0) is 60.2 Å². The van der Waals surface area contributed by atoms with E-state index in [9.17, 15) is 9.90 Å². The fourth-order valence-electron chi connectivity index (χ4n) is 4.02. The topological polar surface area (TPSA) is 90.4 Å². The van der Waals surface area contributed by atoms with Gasteiger partial charge in [0.15, 0.2) is 11.5 Å². The molecule has 1 aliphatic heterocycles. The van der Waals surface area contributed by atoms with Crippen molar-refractivity contribution >= 4 is 28.8 Å². The molecule has 1 aliphatic rings. The maximum atomic E-state index is 13.7. The molecule has 38 heavy (non-hydrogen) atoms. The molecule has 0 saturated carbocycles. The number of aliphatic hydroxyl groups excluding tert-OH is 1. The number of methoxy groups -OCH3 is 1. The molecule has 0 unspecified atom stereocenters. The third kappa shape index (κ3) is 6.02. The zero-order valence-electron chi connectivity index (χ0n) is 20.6. The maximum absolute atomic E-state index is 13.7. The Balaban J connectivity index is 1.42. The Morgan fingerprint density at radius 3 is 2.66 bits per heavy atom. The molecule has 0 saturated heterocycles. The van der Waals surface area contributed by atoms with Crippen LogP contribution in [0.1, 0.15) is 32.2 Å². The fourth-order valence-corrected chi connectivity index (χ4v) is 4.91. The van der Waals surface area contributed by atoms with E-state index in [0.717, 1.165) is 16.1 Å². The minimum absolute atomic E-state index is 0.120. The first-order valence-corrected chi connectivity index (χ1v) is 13.1. The average molecular weight is 553 g/mol. The maximum Gasteiger partial charge on any atom is 0.254 e. The number of aliphatic hydroxyl groups is 1. The number of hydrogen-bond acceptors (Lipinski definition) is 8. The highest BCUT2D eigenvalue weighted by Gasteiger charge is 2.21. The summed E-state index contributed by atoms with van der Waals surface area (Å²) >= 11 is 7.77. The van der Waals surface area contributed by atoms with Crippen molar-refractivity contribution in [3.63, 3.8) is 0 Å². The second-order valence-electron chi connectivity index (χ2n) is 8.51. The lowest BCUT2D eigenvalue weighted by Gasteiger charge is -2.25. The van der Waals surface area contributed by atoms with Gasteiger partial charge in [0.1, 0.15) is 23.1 Å². The smallest absolute Gasteiger partial charge is 0.254 e. The van der Waals surface area contributed by atoms with Crippen LogP contribution in [0.4, 0.5) is 0 Å². The molecule has 5 rings (SSSR count). The molecule has 0 radical (unpaired) electrons. The number of rotatable bonds is 10. The molecule has 0 bridgehead atoms. The Kier molecular flexibility index (Phi) is 7.97. The van der Waals surface area contributed by atoms with Crippen LogP contribution >= 0.6 is 22.9 Å². The lowest BCUT2D eigenvalue weighted by atomic mass is 10.1. The lowest BCUT2D eigenvalue weighted by molar-refractivity contribution is 0.0728. The molecule has 8 nitrogen and oxygen atoms in total. The number of benzene rings is 3. The summed E-state index contributed by atoms with van der Waals surface area (Å²) in [6.45, 7) is 0.850. The van der Waals surface area contributed by atoms with E-state index in [4.69, 9.17) is 30.5 Å². The molecule has 3 aromatic carbocycles. The van der Waals surface area contributed by atoms with Crippen LogP contribution < -0.4 is 18.9 Å². The normalized spacial score (nSPS) is 11.9. The van der Waals surface area contributed by atoms with Crippen molar-refractivity contribution in [2.45, 2.75) is 26.3 Å². The minimum atomic E-state index is -0.163. The standard InChI is InChI=1S/C28H25ClN2O6S/c1-34-23-6-3-19(4-7-23)28(33)31(12-18-2-8-25-26(10-18)37-17-36-25)13-20-11-21(29)5-9-24(20)35-15-27-30-22(14-32)16-38-27/h2-11,16,32H,12-15,17H2,1H3. The number of amides is 1.